The van der Waals surface area contributed by atoms with Gasteiger partial charge in [0.25, 0.3) is 0 Å². The van der Waals surface area contributed by atoms with Gasteiger partial charge in [0.05, 0.1) is 13.2 Å². The van der Waals surface area contributed by atoms with E-state index in [0.717, 1.165) is 29.7 Å². The van der Waals surface area contributed by atoms with Crippen LogP contribution in [0.1, 0.15) is 22.7 Å². The molecule has 0 saturated carbocycles. The molecule has 4 N–H and O–H groups in total. The van der Waals surface area contributed by atoms with E-state index in [1.165, 1.54) is 7.11 Å². The Balaban J connectivity index is 2.07. The van der Waals surface area contributed by atoms with E-state index >= 15 is 0 Å². The van der Waals surface area contributed by atoms with Crippen LogP contribution in [0.25, 0.3) is 0 Å². The Morgan fingerprint density at radius 3 is 2.57 bits per heavy atom. The monoisotopic (exact) mass is 287 g/mol. The summed E-state index contributed by atoms with van der Waals surface area (Å²) in [6, 6.07) is 8.25. The summed E-state index contributed by atoms with van der Waals surface area (Å²) >= 11 is 0. The van der Waals surface area contributed by atoms with E-state index in [1.54, 1.807) is 24.3 Å². The number of rotatable bonds is 2. The molecule has 1 heterocycles. The van der Waals surface area contributed by atoms with Crippen molar-refractivity contribution in [1.82, 2.24) is 5.32 Å². The van der Waals surface area contributed by atoms with Crippen molar-refractivity contribution in [2.24, 2.45) is 0 Å². The first-order valence-electron chi connectivity index (χ1n) is 6.75. The molecule has 5 nitrogen and oxygen atoms in total. The van der Waals surface area contributed by atoms with Gasteiger partial charge < -0.3 is 25.4 Å². The van der Waals surface area contributed by atoms with Gasteiger partial charge in [-0.3, -0.25) is 0 Å². The van der Waals surface area contributed by atoms with E-state index in [9.17, 15) is 15.3 Å². The molecule has 2 aromatic rings. The zero-order valence-electron chi connectivity index (χ0n) is 11.6. The molecular weight excluding hydrogens is 270 g/mol. The summed E-state index contributed by atoms with van der Waals surface area (Å²) in [6.07, 6.45) is 0.787. The van der Waals surface area contributed by atoms with Gasteiger partial charge in [-0.25, -0.2) is 0 Å². The summed E-state index contributed by atoms with van der Waals surface area (Å²) in [5.74, 6) is 0.265. The molecule has 1 atom stereocenters. The highest BCUT2D eigenvalue weighted by molar-refractivity contribution is 5.52. The molecular formula is C16H17NO4. The first-order chi connectivity index (χ1) is 10.1. The average Bonchev–Trinajstić information content (AvgIpc) is 2.48. The summed E-state index contributed by atoms with van der Waals surface area (Å²) in [5.41, 5.74) is 2.85. The topological polar surface area (TPSA) is 82.0 Å². The van der Waals surface area contributed by atoms with Gasteiger partial charge in [-0.2, -0.15) is 0 Å². The van der Waals surface area contributed by atoms with Gasteiger partial charge >= 0.3 is 0 Å². The molecule has 110 valence electrons. The number of hydrogen-bond acceptors (Lipinski definition) is 5. The molecule has 0 aromatic heterocycles. The molecule has 5 heteroatoms. The molecule has 1 aliphatic heterocycles. The number of hydrogen-bond donors (Lipinski definition) is 4. The van der Waals surface area contributed by atoms with Crippen LogP contribution >= 0.6 is 0 Å². The highest BCUT2D eigenvalue weighted by Gasteiger charge is 2.24. The Morgan fingerprint density at radius 1 is 1.05 bits per heavy atom. The Morgan fingerprint density at radius 2 is 1.81 bits per heavy atom. The third kappa shape index (κ3) is 2.36. The Labute approximate surface area is 122 Å². The molecule has 0 amide bonds. The minimum absolute atomic E-state index is 0.0887. The predicted octanol–water partition coefficient (Wildman–Crippen LogP) is 2.05. The number of phenols is 3. The molecule has 0 radical (unpaired) electrons. The molecule has 1 unspecified atom stereocenters. The van der Waals surface area contributed by atoms with E-state index in [1.807, 2.05) is 6.07 Å². The fourth-order valence-corrected chi connectivity index (χ4v) is 2.75. The van der Waals surface area contributed by atoms with Gasteiger partial charge in [0.15, 0.2) is 23.0 Å². The highest BCUT2D eigenvalue weighted by atomic mass is 16.5. The third-order valence-electron chi connectivity index (χ3n) is 3.83. The van der Waals surface area contributed by atoms with E-state index in [-0.39, 0.29) is 23.3 Å². The maximum atomic E-state index is 9.74. The summed E-state index contributed by atoms with van der Waals surface area (Å²) in [5, 5.41) is 32.4. The lowest BCUT2D eigenvalue weighted by molar-refractivity contribution is 0.372. The van der Waals surface area contributed by atoms with Gasteiger partial charge in [-0.05, 0) is 47.4 Å². The standard InChI is InChI=1S/C16H17NO4/c1-21-15-7-10(2-3-12(15)18)16-11-8-14(20)13(19)6-9(11)4-5-17-16/h2-3,6-8,16-20H,4-5H2,1H3. The Bertz CT molecular complexity index is 684. The van der Waals surface area contributed by atoms with E-state index in [2.05, 4.69) is 5.32 Å². The molecule has 0 aliphatic carbocycles. The van der Waals surface area contributed by atoms with Crippen LogP contribution in [0.3, 0.4) is 0 Å². The third-order valence-corrected chi connectivity index (χ3v) is 3.83. The fourth-order valence-electron chi connectivity index (χ4n) is 2.75. The van der Waals surface area contributed by atoms with Crippen molar-refractivity contribution in [2.45, 2.75) is 12.5 Å². The maximum absolute atomic E-state index is 9.74. The van der Waals surface area contributed by atoms with E-state index in [4.69, 9.17) is 4.74 Å². The quantitative estimate of drug-likeness (QED) is 0.636. The second kappa shape index (κ2) is 5.18. The van der Waals surface area contributed by atoms with E-state index in [0.29, 0.717) is 5.75 Å². The van der Waals surface area contributed by atoms with Crippen LogP contribution in [0, 0.1) is 0 Å². The molecule has 3 rings (SSSR count). The summed E-state index contributed by atoms with van der Waals surface area (Å²) in [4.78, 5) is 0. The van der Waals surface area contributed by atoms with Gasteiger partial charge in [0.2, 0.25) is 0 Å². The zero-order chi connectivity index (χ0) is 15.0. The van der Waals surface area contributed by atoms with Crippen LogP contribution in [-0.4, -0.2) is 29.0 Å². The lowest BCUT2D eigenvalue weighted by Crippen LogP contribution is -2.30. The van der Waals surface area contributed by atoms with Crippen LogP contribution < -0.4 is 10.1 Å². The predicted molar refractivity (Wildman–Crippen MR) is 78.0 cm³/mol. The van der Waals surface area contributed by atoms with Crippen molar-refractivity contribution < 1.29 is 20.1 Å². The van der Waals surface area contributed by atoms with Crippen LogP contribution in [0.4, 0.5) is 0 Å². The van der Waals surface area contributed by atoms with Crippen LogP contribution in [0.2, 0.25) is 0 Å². The molecule has 0 bridgehead atoms. The summed E-state index contributed by atoms with van der Waals surface area (Å²) < 4.78 is 5.14. The van der Waals surface area contributed by atoms with Crippen molar-refractivity contribution >= 4 is 0 Å². The lowest BCUT2D eigenvalue weighted by atomic mass is 9.89. The van der Waals surface area contributed by atoms with Gasteiger partial charge in [-0.15, -0.1) is 0 Å². The van der Waals surface area contributed by atoms with Crippen LogP contribution in [0.15, 0.2) is 30.3 Å². The maximum Gasteiger partial charge on any atom is 0.160 e. The van der Waals surface area contributed by atoms with Crippen molar-refractivity contribution in [3.63, 3.8) is 0 Å². The van der Waals surface area contributed by atoms with Crippen LogP contribution in [-0.2, 0) is 6.42 Å². The summed E-state index contributed by atoms with van der Waals surface area (Å²) in [6.45, 7) is 0.769. The zero-order valence-corrected chi connectivity index (χ0v) is 11.6. The lowest BCUT2D eigenvalue weighted by Gasteiger charge is -2.28. The minimum Gasteiger partial charge on any atom is -0.504 e. The van der Waals surface area contributed by atoms with Crippen LogP contribution in [0.5, 0.6) is 23.0 Å². The van der Waals surface area contributed by atoms with E-state index < -0.39 is 0 Å². The molecule has 2 aromatic carbocycles. The Hall–Kier alpha value is -2.40. The van der Waals surface area contributed by atoms with Gasteiger partial charge in [-0.1, -0.05) is 6.07 Å². The largest absolute Gasteiger partial charge is 0.504 e. The molecule has 0 spiro atoms. The van der Waals surface area contributed by atoms with Crippen molar-refractivity contribution in [3.8, 4) is 23.0 Å². The first-order valence-corrected chi connectivity index (χ1v) is 6.75. The van der Waals surface area contributed by atoms with Gasteiger partial charge in [0.1, 0.15) is 0 Å². The minimum atomic E-state index is -0.131. The summed E-state index contributed by atoms with van der Waals surface area (Å²) in [7, 11) is 1.50. The fraction of sp³-hybridized carbons (Fsp3) is 0.250. The number of fused-ring (bicyclic) bond motifs is 1. The molecule has 0 saturated heterocycles. The number of ether oxygens (including phenoxy) is 1. The van der Waals surface area contributed by atoms with Crippen molar-refractivity contribution in [3.05, 3.63) is 47.0 Å². The van der Waals surface area contributed by atoms with Crippen molar-refractivity contribution in [1.29, 1.82) is 0 Å². The van der Waals surface area contributed by atoms with Crippen molar-refractivity contribution in [2.75, 3.05) is 13.7 Å². The molecule has 21 heavy (non-hydrogen) atoms. The van der Waals surface area contributed by atoms with Gasteiger partial charge in [0, 0.05) is 6.54 Å². The number of phenolic OH excluding ortho intramolecular Hbond substituents is 3. The molecule has 0 fully saturated rings. The normalized spacial score (nSPS) is 17.3. The number of aromatic hydroxyl groups is 3. The molecule has 1 aliphatic rings. The second-order valence-electron chi connectivity index (χ2n) is 5.11. The second-order valence-corrected chi connectivity index (χ2v) is 5.11. The number of benzene rings is 2. The first kappa shape index (κ1) is 13.6. The number of nitrogens with one attached hydrogen (secondary N) is 1. The SMILES string of the molecule is COc1cc(C2NCCc3cc(O)c(O)cc32)ccc1O. The highest BCUT2D eigenvalue weighted by Crippen LogP contribution is 2.38. The Kier molecular flexibility index (Phi) is 3.35. The average molecular weight is 287 g/mol. The smallest absolute Gasteiger partial charge is 0.160 e. The number of methoxy groups -OCH3 is 1.